The van der Waals surface area contributed by atoms with Crippen LogP contribution in [-0.2, 0) is 11.3 Å². The molecule has 3 aromatic carbocycles. The van der Waals surface area contributed by atoms with Gasteiger partial charge in [0.05, 0.1) is 11.4 Å². The summed E-state index contributed by atoms with van der Waals surface area (Å²) in [6.07, 6.45) is 2.54. The molecule has 1 amide bonds. The van der Waals surface area contributed by atoms with E-state index in [1.165, 1.54) is 0 Å². The number of benzene rings is 3. The lowest BCUT2D eigenvalue weighted by Crippen LogP contribution is -2.33. The van der Waals surface area contributed by atoms with Gasteiger partial charge >= 0.3 is 0 Å². The van der Waals surface area contributed by atoms with Crippen molar-refractivity contribution in [3.63, 3.8) is 0 Å². The highest BCUT2D eigenvalue weighted by molar-refractivity contribution is 5.98. The molecule has 0 bridgehead atoms. The van der Waals surface area contributed by atoms with Crippen LogP contribution in [0.1, 0.15) is 23.1 Å². The lowest BCUT2D eigenvalue weighted by Gasteiger charge is -2.27. The maximum atomic E-state index is 12.8. The standard InChI is InChI=1S/C26H23N3O/c1-20-12-13-25(28-19-27-23-10-6-3-7-11-23)24(16-20)22-14-15-29(26(30)17-22)18-21-8-4-2-5-9-21/h2-13,16-17H,14-15,18H2,1H3. The number of hydrogen-bond donors (Lipinski definition) is 0. The number of aliphatic imine (C=N–C) groups is 2. The minimum atomic E-state index is 0.0366. The molecule has 1 aliphatic rings. The topological polar surface area (TPSA) is 45.0 Å². The number of amides is 1. The zero-order chi connectivity index (χ0) is 20.8. The second-order valence-corrected chi connectivity index (χ2v) is 7.34. The first-order valence-electron chi connectivity index (χ1n) is 10.0. The van der Waals surface area contributed by atoms with Crippen molar-refractivity contribution in [2.75, 3.05) is 6.54 Å². The third-order valence-electron chi connectivity index (χ3n) is 5.08. The fourth-order valence-corrected chi connectivity index (χ4v) is 3.50. The first kappa shape index (κ1) is 19.6. The number of para-hydroxylation sites is 1. The van der Waals surface area contributed by atoms with E-state index in [1.807, 2.05) is 84.6 Å². The summed E-state index contributed by atoms with van der Waals surface area (Å²) in [7, 11) is 0. The Balaban J connectivity index is 1.58. The molecule has 3 aromatic rings. The zero-order valence-corrected chi connectivity index (χ0v) is 17.0. The molecule has 0 fully saturated rings. The molecule has 0 saturated carbocycles. The molecule has 148 valence electrons. The Morgan fingerprint density at radius 1 is 0.933 bits per heavy atom. The van der Waals surface area contributed by atoms with Gasteiger partial charge in [-0.3, -0.25) is 4.79 Å². The first-order chi connectivity index (χ1) is 14.7. The van der Waals surface area contributed by atoms with E-state index in [0.717, 1.165) is 40.1 Å². The SMILES string of the molecule is Cc1ccc(N=C=Nc2ccccc2)c(C2=CC(=O)N(Cc3ccccc3)CC2)c1. The Morgan fingerprint density at radius 3 is 2.40 bits per heavy atom. The van der Waals surface area contributed by atoms with Gasteiger partial charge in [-0.2, -0.15) is 9.98 Å². The van der Waals surface area contributed by atoms with Gasteiger partial charge in [-0.15, -0.1) is 0 Å². The zero-order valence-electron chi connectivity index (χ0n) is 17.0. The summed E-state index contributed by atoms with van der Waals surface area (Å²) in [4.78, 5) is 23.4. The van der Waals surface area contributed by atoms with Crippen molar-refractivity contribution in [1.29, 1.82) is 0 Å². The van der Waals surface area contributed by atoms with Crippen LogP contribution < -0.4 is 0 Å². The van der Waals surface area contributed by atoms with E-state index in [0.29, 0.717) is 13.1 Å². The van der Waals surface area contributed by atoms with Crippen LogP contribution in [0.2, 0.25) is 0 Å². The maximum Gasteiger partial charge on any atom is 0.247 e. The molecule has 0 atom stereocenters. The van der Waals surface area contributed by atoms with E-state index in [4.69, 9.17) is 0 Å². The summed E-state index contributed by atoms with van der Waals surface area (Å²) in [5.74, 6) is 0.0366. The molecule has 4 heteroatoms. The molecule has 4 rings (SSSR count). The maximum absolute atomic E-state index is 12.8. The van der Waals surface area contributed by atoms with Crippen molar-refractivity contribution in [2.45, 2.75) is 19.9 Å². The Labute approximate surface area is 176 Å². The molecule has 0 N–H and O–H groups in total. The van der Waals surface area contributed by atoms with E-state index >= 15 is 0 Å². The van der Waals surface area contributed by atoms with E-state index < -0.39 is 0 Å². The Bertz CT molecular complexity index is 1130. The van der Waals surface area contributed by atoms with Crippen molar-refractivity contribution in [3.8, 4) is 0 Å². The van der Waals surface area contributed by atoms with E-state index in [9.17, 15) is 4.79 Å². The van der Waals surface area contributed by atoms with Crippen molar-refractivity contribution >= 4 is 28.9 Å². The van der Waals surface area contributed by atoms with Gasteiger partial charge in [-0.05, 0) is 48.7 Å². The van der Waals surface area contributed by atoms with E-state index in [2.05, 4.69) is 22.1 Å². The molecule has 0 aromatic heterocycles. The second-order valence-electron chi connectivity index (χ2n) is 7.34. The molecule has 0 aliphatic carbocycles. The van der Waals surface area contributed by atoms with Crippen LogP contribution in [-0.4, -0.2) is 23.4 Å². The quantitative estimate of drug-likeness (QED) is 0.494. The summed E-state index contributed by atoms with van der Waals surface area (Å²) in [6, 6.07) is 28.5. The molecular formula is C26H23N3O. The number of carbonyl (C=O) groups excluding carboxylic acids is 1. The summed E-state index contributed by atoms with van der Waals surface area (Å²) in [6.45, 7) is 3.36. The highest BCUT2D eigenvalue weighted by Crippen LogP contribution is 2.32. The number of rotatable bonds is 5. The van der Waals surface area contributed by atoms with Crippen LogP contribution in [0.4, 0.5) is 11.4 Å². The monoisotopic (exact) mass is 393 g/mol. The third kappa shape index (κ3) is 4.80. The third-order valence-corrected chi connectivity index (χ3v) is 5.08. The molecule has 0 radical (unpaired) electrons. The number of carbonyl (C=O) groups is 1. The minimum Gasteiger partial charge on any atom is -0.334 e. The Morgan fingerprint density at radius 2 is 1.67 bits per heavy atom. The average Bonchev–Trinajstić information content (AvgIpc) is 2.77. The van der Waals surface area contributed by atoms with Gasteiger partial charge in [0.2, 0.25) is 5.91 Å². The number of hydrogen-bond acceptors (Lipinski definition) is 3. The summed E-state index contributed by atoms with van der Waals surface area (Å²) < 4.78 is 0. The summed E-state index contributed by atoms with van der Waals surface area (Å²) >= 11 is 0. The Hall–Kier alpha value is -3.75. The van der Waals surface area contributed by atoms with Gasteiger partial charge in [0.25, 0.3) is 0 Å². The van der Waals surface area contributed by atoms with Gasteiger partial charge in [-0.1, -0.05) is 60.2 Å². The van der Waals surface area contributed by atoms with Gasteiger partial charge in [0.15, 0.2) is 0 Å². The van der Waals surface area contributed by atoms with Crippen LogP contribution in [0.15, 0.2) is 94.9 Å². The second kappa shape index (κ2) is 9.17. The number of nitrogens with zero attached hydrogens (tertiary/aromatic N) is 3. The molecule has 0 unspecified atom stereocenters. The van der Waals surface area contributed by atoms with Crippen LogP contribution in [0.5, 0.6) is 0 Å². The van der Waals surface area contributed by atoms with Crippen LogP contribution in [0.3, 0.4) is 0 Å². The van der Waals surface area contributed by atoms with Crippen molar-refractivity contribution in [3.05, 3.63) is 102 Å². The molecule has 0 saturated heterocycles. The highest BCUT2D eigenvalue weighted by atomic mass is 16.2. The first-order valence-corrected chi connectivity index (χ1v) is 10.0. The van der Waals surface area contributed by atoms with Crippen molar-refractivity contribution < 1.29 is 4.79 Å². The molecule has 0 spiro atoms. The van der Waals surface area contributed by atoms with E-state index in [1.54, 1.807) is 6.08 Å². The average molecular weight is 393 g/mol. The minimum absolute atomic E-state index is 0.0366. The summed E-state index contributed by atoms with van der Waals surface area (Å²) in [5, 5.41) is 0. The van der Waals surface area contributed by atoms with Crippen LogP contribution >= 0.6 is 0 Å². The largest absolute Gasteiger partial charge is 0.334 e. The predicted octanol–water partition coefficient (Wildman–Crippen LogP) is 5.95. The predicted molar refractivity (Wildman–Crippen MR) is 121 cm³/mol. The van der Waals surface area contributed by atoms with Gasteiger partial charge in [0, 0.05) is 24.7 Å². The lowest BCUT2D eigenvalue weighted by atomic mass is 9.96. The normalized spacial score (nSPS) is 13.4. The van der Waals surface area contributed by atoms with Gasteiger partial charge in [-0.25, -0.2) is 0 Å². The molecule has 30 heavy (non-hydrogen) atoms. The highest BCUT2D eigenvalue weighted by Gasteiger charge is 2.21. The van der Waals surface area contributed by atoms with Crippen molar-refractivity contribution in [1.82, 2.24) is 4.90 Å². The molecule has 4 nitrogen and oxygen atoms in total. The molecule has 1 aliphatic heterocycles. The van der Waals surface area contributed by atoms with E-state index in [-0.39, 0.29) is 5.91 Å². The number of aryl methyl sites for hydroxylation is 1. The fourth-order valence-electron chi connectivity index (χ4n) is 3.50. The lowest BCUT2D eigenvalue weighted by molar-refractivity contribution is -0.126. The van der Waals surface area contributed by atoms with Crippen LogP contribution in [0, 0.1) is 6.92 Å². The molecular weight excluding hydrogens is 370 g/mol. The van der Waals surface area contributed by atoms with Crippen molar-refractivity contribution in [2.24, 2.45) is 9.98 Å². The Kier molecular flexibility index (Phi) is 5.98. The van der Waals surface area contributed by atoms with Gasteiger partial charge in [0.1, 0.15) is 6.01 Å². The smallest absolute Gasteiger partial charge is 0.247 e. The van der Waals surface area contributed by atoms with Crippen LogP contribution in [0.25, 0.3) is 5.57 Å². The summed E-state index contributed by atoms with van der Waals surface area (Å²) in [5.41, 5.74) is 5.82. The van der Waals surface area contributed by atoms with Gasteiger partial charge < -0.3 is 4.90 Å². The molecule has 1 heterocycles. The fraction of sp³-hybridized carbons (Fsp3) is 0.154.